The normalized spacial score (nSPS) is 20.0. The van der Waals surface area contributed by atoms with Crippen LogP contribution in [0.25, 0.3) is 0 Å². The molecule has 5 heteroatoms. The quantitative estimate of drug-likeness (QED) is 0.854. The summed E-state index contributed by atoms with van der Waals surface area (Å²) in [6.07, 6.45) is 2.96. The Kier molecular flexibility index (Phi) is 3.97. The van der Waals surface area contributed by atoms with Crippen molar-refractivity contribution in [3.63, 3.8) is 0 Å². The number of hydrogen-bond donors (Lipinski definition) is 2. The van der Waals surface area contributed by atoms with Crippen LogP contribution in [-0.2, 0) is 4.79 Å². The summed E-state index contributed by atoms with van der Waals surface area (Å²) in [4.78, 5) is 11.8. The molecule has 0 aliphatic carbocycles. The Bertz CT molecular complexity index is 419. The molecule has 1 aromatic carbocycles. The van der Waals surface area contributed by atoms with Gasteiger partial charge in [-0.15, -0.1) is 0 Å². The van der Waals surface area contributed by atoms with E-state index in [1.165, 1.54) is 12.1 Å². The van der Waals surface area contributed by atoms with E-state index in [0.29, 0.717) is 5.69 Å². The molecule has 0 radical (unpaired) electrons. The summed E-state index contributed by atoms with van der Waals surface area (Å²) >= 11 is 5.57. The van der Waals surface area contributed by atoms with Gasteiger partial charge in [0.1, 0.15) is 5.82 Å². The van der Waals surface area contributed by atoms with E-state index in [9.17, 15) is 9.18 Å². The van der Waals surface area contributed by atoms with Gasteiger partial charge in [0.05, 0.1) is 11.1 Å². The van der Waals surface area contributed by atoms with Crippen molar-refractivity contribution in [2.45, 2.75) is 25.3 Å². The minimum absolute atomic E-state index is 0.0544. The molecule has 1 fully saturated rings. The number of anilines is 1. The van der Waals surface area contributed by atoms with Gasteiger partial charge in [-0.2, -0.15) is 0 Å². The van der Waals surface area contributed by atoms with Gasteiger partial charge in [-0.05, 0) is 37.6 Å². The highest BCUT2D eigenvalue weighted by Crippen LogP contribution is 2.19. The van der Waals surface area contributed by atoms with Gasteiger partial charge in [-0.3, -0.25) is 4.79 Å². The molecule has 0 unspecified atom stereocenters. The Balaban J connectivity index is 1.99. The molecule has 0 aromatic heterocycles. The molecule has 1 aliphatic heterocycles. The van der Waals surface area contributed by atoms with Gasteiger partial charge in [-0.25, -0.2) is 4.39 Å². The van der Waals surface area contributed by atoms with Crippen molar-refractivity contribution in [3.8, 4) is 0 Å². The second kappa shape index (κ2) is 5.47. The molecule has 1 aromatic rings. The second-order valence-corrected chi connectivity index (χ2v) is 4.53. The zero-order valence-corrected chi connectivity index (χ0v) is 10.1. The van der Waals surface area contributed by atoms with E-state index in [4.69, 9.17) is 11.6 Å². The van der Waals surface area contributed by atoms with Crippen LogP contribution in [0, 0.1) is 5.82 Å². The lowest BCUT2D eigenvalue weighted by molar-refractivity contribution is -0.118. The van der Waals surface area contributed by atoms with E-state index in [2.05, 4.69) is 10.6 Å². The highest BCUT2D eigenvalue weighted by atomic mass is 35.5. The SMILES string of the molecule is O=C(Nc1ccc(Cl)c(F)c1)[C@@H]1CCCCN1. The van der Waals surface area contributed by atoms with Gasteiger partial charge in [0, 0.05) is 5.69 Å². The van der Waals surface area contributed by atoms with Crippen LogP contribution < -0.4 is 10.6 Å². The summed E-state index contributed by atoms with van der Waals surface area (Å²) in [5.41, 5.74) is 0.435. The molecular weight excluding hydrogens is 243 g/mol. The molecule has 1 atom stereocenters. The van der Waals surface area contributed by atoms with Crippen molar-refractivity contribution in [2.24, 2.45) is 0 Å². The Morgan fingerprint density at radius 3 is 2.94 bits per heavy atom. The molecule has 2 N–H and O–H groups in total. The largest absolute Gasteiger partial charge is 0.325 e. The van der Waals surface area contributed by atoms with Crippen LogP contribution in [-0.4, -0.2) is 18.5 Å². The smallest absolute Gasteiger partial charge is 0.241 e. The summed E-state index contributed by atoms with van der Waals surface area (Å²) in [5, 5.41) is 5.87. The van der Waals surface area contributed by atoms with Crippen LogP contribution >= 0.6 is 11.6 Å². The summed E-state index contributed by atoms with van der Waals surface area (Å²) < 4.78 is 13.2. The van der Waals surface area contributed by atoms with Crippen LogP contribution in [0.2, 0.25) is 5.02 Å². The molecule has 0 bridgehead atoms. The van der Waals surface area contributed by atoms with Crippen LogP contribution in [0.3, 0.4) is 0 Å². The minimum Gasteiger partial charge on any atom is -0.325 e. The van der Waals surface area contributed by atoms with Gasteiger partial charge in [0.15, 0.2) is 0 Å². The maximum atomic E-state index is 13.2. The maximum absolute atomic E-state index is 13.2. The zero-order chi connectivity index (χ0) is 12.3. The zero-order valence-electron chi connectivity index (χ0n) is 9.30. The third-order valence-electron chi connectivity index (χ3n) is 2.81. The summed E-state index contributed by atoms with van der Waals surface area (Å²) in [6.45, 7) is 0.854. The first-order valence-electron chi connectivity index (χ1n) is 5.66. The third kappa shape index (κ3) is 3.17. The number of carbonyl (C=O) groups is 1. The molecule has 0 saturated carbocycles. The highest BCUT2D eigenvalue weighted by molar-refractivity contribution is 6.30. The first kappa shape index (κ1) is 12.3. The van der Waals surface area contributed by atoms with Crippen molar-refractivity contribution >= 4 is 23.2 Å². The molecule has 3 nitrogen and oxygen atoms in total. The van der Waals surface area contributed by atoms with Crippen molar-refractivity contribution < 1.29 is 9.18 Å². The van der Waals surface area contributed by atoms with E-state index in [1.807, 2.05) is 0 Å². The van der Waals surface area contributed by atoms with Gasteiger partial charge >= 0.3 is 0 Å². The molecule has 1 saturated heterocycles. The fourth-order valence-corrected chi connectivity index (χ4v) is 2.00. The topological polar surface area (TPSA) is 41.1 Å². The maximum Gasteiger partial charge on any atom is 0.241 e. The number of piperidine rings is 1. The van der Waals surface area contributed by atoms with E-state index >= 15 is 0 Å². The van der Waals surface area contributed by atoms with Gasteiger partial charge in [-0.1, -0.05) is 18.0 Å². The lowest BCUT2D eigenvalue weighted by Crippen LogP contribution is -2.43. The Hall–Kier alpha value is -1.13. The lowest BCUT2D eigenvalue weighted by Gasteiger charge is -2.22. The molecule has 2 rings (SSSR count). The number of nitrogens with one attached hydrogen (secondary N) is 2. The Morgan fingerprint density at radius 1 is 1.47 bits per heavy atom. The molecule has 17 heavy (non-hydrogen) atoms. The van der Waals surface area contributed by atoms with E-state index < -0.39 is 5.82 Å². The van der Waals surface area contributed by atoms with Crippen molar-refractivity contribution in [1.29, 1.82) is 0 Å². The molecular formula is C12H14ClFN2O. The average molecular weight is 257 g/mol. The predicted molar refractivity (Wildman–Crippen MR) is 65.7 cm³/mol. The third-order valence-corrected chi connectivity index (χ3v) is 3.12. The first-order chi connectivity index (χ1) is 8.16. The Morgan fingerprint density at radius 2 is 2.29 bits per heavy atom. The molecule has 1 amide bonds. The van der Waals surface area contributed by atoms with E-state index in [0.717, 1.165) is 25.8 Å². The highest BCUT2D eigenvalue weighted by Gasteiger charge is 2.20. The number of benzene rings is 1. The van der Waals surface area contributed by atoms with Gasteiger partial charge in [0.25, 0.3) is 0 Å². The summed E-state index contributed by atoms with van der Waals surface area (Å²) in [5.74, 6) is -0.646. The molecule has 1 aliphatic rings. The van der Waals surface area contributed by atoms with Crippen LogP contribution in [0.1, 0.15) is 19.3 Å². The second-order valence-electron chi connectivity index (χ2n) is 4.12. The van der Waals surface area contributed by atoms with Crippen LogP contribution in [0.15, 0.2) is 18.2 Å². The molecule has 1 heterocycles. The number of halogens is 2. The average Bonchev–Trinajstić information content (AvgIpc) is 2.35. The summed E-state index contributed by atoms with van der Waals surface area (Å²) in [7, 11) is 0. The van der Waals surface area contributed by atoms with Gasteiger partial charge in [0.2, 0.25) is 5.91 Å². The van der Waals surface area contributed by atoms with Crippen molar-refractivity contribution in [2.75, 3.05) is 11.9 Å². The number of amides is 1. The van der Waals surface area contributed by atoms with E-state index in [-0.39, 0.29) is 17.0 Å². The molecule has 92 valence electrons. The first-order valence-corrected chi connectivity index (χ1v) is 6.04. The van der Waals surface area contributed by atoms with Crippen molar-refractivity contribution in [3.05, 3.63) is 29.0 Å². The summed E-state index contributed by atoms with van der Waals surface area (Å²) in [6, 6.07) is 4.07. The van der Waals surface area contributed by atoms with Crippen LogP contribution in [0.5, 0.6) is 0 Å². The monoisotopic (exact) mass is 256 g/mol. The minimum atomic E-state index is -0.527. The number of carbonyl (C=O) groups excluding carboxylic acids is 1. The van der Waals surface area contributed by atoms with Crippen molar-refractivity contribution in [1.82, 2.24) is 5.32 Å². The fraction of sp³-hybridized carbons (Fsp3) is 0.417. The number of rotatable bonds is 2. The molecule has 0 spiro atoms. The lowest BCUT2D eigenvalue weighted by atomic mass is 10.0. The number of hydrogen-bond acceptors (Lipinski definition) is 2. The predicted octanol–water partition coefficient (Wildman–Crippen LogP) is 2.56. The fourth-order valence-electron chi connectivity index (χ4n) is 1.88. The Labute approximate surface area is 104 Å². The standard InChI is InChI=1S/C12H14ClFN2O/c13-9-5-4-8(7-10(9)14)16-12(17)11-3-1-2-6-15-11/h4-5,7,11,15H,1-3,6H2,(H,16,17)/t11-/m0/s1. The van der Waals surface area contributed by atoms with Gasteiger partial charge < -0.3 is 10.6 Å². The van der Waals surface area contributed by atoms with Crippen LogP contribution in [0.4, 0.5) is 10.1 Å². The van der Waals surface area contributed by atoms with E-state index in [1.54, 1.807) is 6.07 Å².